The molecule has 0 spiro atoms. The maximum Gasteiger partial charge on any atom is 0.255 e. The van der Waals surface area contributed by atoms with Crippen LogP contribution >= 0.6 is 0 Å². The average molecular weight is 450 g/mol. The van der Waals surface area contributed by atoms with Crippen LogP contribution < -0.4 is 5.32 Å². The normalized spacial score (nSPS) is 11.6. The Morgan fingerprint density at radius 2 is 1.82 bits per heavy atom. The van der Waals surface area contributed by atoms with Crippen LogP contribution in [0.2, 0.25) is 0 Å². The van der Waals surface area contributed by atoms with Crippen molar-refractivity contribution in [2.24, 2.45) is 0 Å². The largest absolute Gasteiger partial charge is 0.322 e. The molecule has 0 aliphatic carbocycles. The van der Waals surface area contributed by atoms with E-state index < -0.39 is 0 Å². The van der Waals surface area contributed by atoms with E-state index in [1.54, 1.807) is 6.20 Å². The number of amides is 1. The van der Waals surface area contributed by atoms with Crippen molar-refractivity contribution in [2.45, 2.75) is 33.1 Å². The second-order valence-electron chi connectivity index (χ2n) is 9.50. The monoisotopic (exact) mass is 449 g/mol. The molecule has 0 radical (unpaired) electrons. The van der Waals surface area contributed by atoms with Gasteiger partial charge >= 0.3 is 0 Å². The van der Waals surface area contributed by atoms with Crippen LogP contribution in [-0.2, 0) is 5.41 Å². The van der Waals surface area contributed by atoms with Gasteiger partial charge in [0.1, 0.15) is 0 Å². The number of carbonyl (C=O) groups excluding carboxylic acids is 1. The number of fused-ring (bicyclic) bond motifs is 1. The van der Waals surface area contributed by atoms with Crippen LogP contribution in [-0.4, -0.2) is 25.1 Å². The Morgan fingerprint density at radius 1 is 0.971 bits per heavy atom. The van der Waals surface area contributed by atoms with E-state index in [4.69, 9.17) is 0 Å². The van der Waals surface area contributed by atoms with Crippen molar-refractivity contribution in [2.75, 3.05) is 5.32 Å². The number of nitrogens with one attached hydrogen (secondary N) is 1. The number of hydrogen-bond donors (Lipinski definition) is 1. The third-order valence-corrected chi connectivity index (χ3v) is 6.01. The minimum Gasteiger partial charge on any atom is -0.322 e. The molecule has 0 unspecified atom stereocenters. The fourth-order valence-corrected chi connectivity index (χ4v) is 4.07. The van der Waals surface area contributed by atoms with Crippen LogP contribution in [0.15, 0.2) is 85.5 Å². The molecule has 5 aromatic rings. The molecule has 5 rings (SSSR count). The Morgan fingerprint density at radius 3 is 2.59 bits per heavy atom. The minimum absolute atomic E-state index is 0.0239. The van der Waals surface area contributed by atoms with Crippen molar-refractivity contribution in [3.8, 4) is 16.9 Å². The van der Waals surface area contributed by atoms with Gasteiger partial charge in [0.05, 0.1) is 17.6 Å². The highest BCUT2D eigenvalue weighted by molar-refractivity contribution is 6.04. The Hall–Kier alpha value is -4.19. The quantitative estimate of drug-likeness (QED) is 0.363. The number of benzene rings is 2. The van der Waals surface area contributed by atoms with Gasteiger partial charge in [0.15, 0.2) is 5.65 Å². The lowest BCUT2D eigenvalue weighted by atomic mass is 9.86. The minimum atomic E-state index is -0.128. The number of aromatic nitrogens is 4. The molecule has 6 heteroatoms. The summed E-state index contributed by atoms with van der Waals surface area (Å²) in [7, 11) is 0. The smallest absolute Gasteiger partial charge is 0.255 e. The molecule has 0 bridgehead atoms. The number of rotatable bonds is 4. The van der Waals surface area contributed by atoms with Gasteiger partial charge in [-0.3, -0.25) is 14.5 Å². The lowest BCUT2D eigenvalue weighted by Crippen LogP contribution is -2.16. The van der Waals surface area contributed by atoms with E-state index in [1.807, 2.05) is 73.2 Å². The summed E-state index contributed by atoms with van der Waals surface area (Å²) in [5.41, 5.74) is 7.29. The van der Waals surface area contributed by atoms with Gasteiger partial charge in [-0.1, -0.05) is 39.0 Å². The third-order valence-electron chi connectivity index (χ3n) is 6.01. The summed E-state index contributed by atoms with van der Waals surface area (Å²) in [5.74, 6) is -0.128. The van der Waals surface area contributed by atoms with Gasteiger partial charge in [-0.05, 0) is 59.9 Å². The van der Waals surface area contributed by atoms with Crippen LogP contribution in [0.5, 0.6) is 0 Å². The lowest BCUT2D eigenvalue weighted by Gasteiger charge is -2.19. The highest BCUT2D eigenvalue weighted by atomic mass is 16.1. The second-order valence-corrected chi connectivity index (χ2v) is 9.50. The van der Waals surface area contributed by atoms with Crippen molar-refractivity contribution >= 4 is 17.2 Å². The first-order chi connectivity index (χ1) is 16.3. The molecule has 6 nitrogen and oxygen atoms in total. The predicted octanol–water partition coefficient (Wildman–Crippen LogP) is 6.05. The van der Waals surface area contributed by atoms with Crippen LogP contribution in [0, 0.1) is 6.92 Å². The van der Waals surface area contributed by atoms with E-state index in [1.165, 1.54) is 0 Å². The van der Waals surface area contributed by atoms with Crippen molar-refractivity contribution in [3.05, 3.63) is 102 Å². The zero-order valence-corrected chi connectivity index (χ0v) is 19.8. The Bertz CT molecular complexity index is 1490. The number of aryl methyl sites for hydroxylation is 1. The molecule has 0 saturated carbocycles. The molecule has 0 aliphatic heterocycles. The summed E-state index contributed by atoms with van der Waals surface area (Å²) < 4.78 is 4.10. The standard InChI is InChI=1S/C28H27N5O/c1-19-10-11-23(31-27(34)20-7-5-9-22(15-20)28(2,3)4)16-24(19)32-14-12-26-30-18-25(33(26)32)21-8-6-13-29-17-21/h5-18H,1-4H3,(H,31,34). The molecule has 1 amide bonds. The number of pyridine rings is 1. The van der Waals surface area contributed by atoms with Crippen molar-refractivity contribution in [3.63, 3.8) is 0 Å². The number of carbonyl (C=O) groups is 1. The first kappa shape index (κ1) is 21.6. The van der Waals surface area contributed by atoms with E-state index in [0.717, 1.165) is 39.4 Å². The summed E-state index contributed by atoms with van der Waals surface area (Å²) >= 11 is 0. The molecule has 34 heavy (non-hydrogen) atoms. The van der Waals surface area contributed by atoms with Gasteiger partial charge in [-0.25, -0.2) is 9.50 Å². The molecule has 2 aromatic carbocycles. The van der Waals surface area contributed by atoms with Gasteiger partial charge < -0.3 is 5.32 Å². The van der Waals surface area contributed by atoms with Gasteiger partial charge in [-0.2, -0.15) is 0 Å². The van der Waals surface area contributed by atoms with Crippen LogP contribution in [0.25, 0.3) is 22.6 Å². The number of anilines is 1. The van der Waals surface area contributed by atoms with Crippen LogP contribution in [0.1, 0.15) is 42.3 Å². The number of hydrogen-bond acceptors (Lipinski definition) is 3. The van der Waals surface area contributed by atoms with E-state index in [2.05, 4.69) is 58.2 Å². The summed E-state index contributed by atoms with van der Waals surface area (Å²) in [4.78, 5) is 21.9. The molecular weight excluding hydrogens is 422 g/mol. The summed E-state index contributed by atoms with van der Waals surface area (Å²) in [6.45, 7) is 8.48. The second kappa shape index (κ2) is 8.30. The molecular formula is C28H27N5O. The topological polar surface area (TPSA) is 64.2 Å². The zero-order chi connectivity index (χ0) is 23.9. The van der Waals surface area contributed by atoms with E-state index in [-0.39, 0.29) is 11.3 Å². The van der Waals surface area contributed by atoms with Crippen LogP contribution in [0.4, 0.5) is 5.69 Å². The number of nitrogens with zero attached hydrogens (tertiary/aromatic N) is 4. The SMILES string of the molecule is Cc1ccc(NC(=O)c2cccc(C(C)(C)C)c2)cc1-n1ccc2ncc(-c3cccnc3)n21. The van der Waals surface area contributed by atoms with Crippen LogP contribution in [0.3, 0.4) is 0 Å². The molecule has 1 N–H and O–H groups in total. The van der Waals surface area contributed by atoms with Gasteiger partial charge in [0.25, 0.3) is 5.91 Å². The Labute approximate surface area is 198 Å². The van der Waals surface area contributed by atoms with Gasteiger partial charge in [0.2, 0.25) is 0 Å². The third kappa shape index (κ3) is 3.99. The maximum absolute atomic E-state index is 13.0. The van der Waals surface area contributed by atoms with E-state index >= 15 is 0 Å². The van der Waals surface area contributed by atoms with Gasteiger partial charge in [-0.15, -0.1) is 0 Å². The highest BCUT2D eigenvalue weighted by Gasteiger charge is 2.17. The molecule has 3 aromatic heterocycles. The predicted molar refractivity (Wildman–Crippen MR) is 136 cm³/mol. The fraction of sp³-hybridized carbons (Fsp3) is 0.179. The van der Waals surface area contributed by atoms with Crippen molar-refractivity contribution in [1.82, 2.24) is 19.2 Å². The highest BCUT2D eigenvalue weighted by Crippen LogP contribution is 2.26. The van der Waals surface area contributed by atoms with Gasteiger partial charge in [0, 0.05) is 41.5 Å². The Balaban J connectivity index is 1.51. The van der Waals surface area contributed by atoms with Crippen molar-refractivity contribution < 1.29 is 4.79 Å². The molecule has 0 fully saturated rings. The maximum atomic E-state index is 13.0. The molecule has 3 heterocycles. The van der Waals surface area contributed by atoms with E-state index in [9.17, 15) is 4.79 Å². The lowest BCUT2D eigenvalue weighted by molar-refractivity contribution is 0.102. The van der Waals surface area contributed by atoms with Crippen molar-refractivity contribution in [1.29, 1.82) is 0 Å². The molecule has 0 atom stereocenters. The fourth-order valence-electron chi connectivity index (χ4n) is 4.07. The summed E-state index contributed by atoms with van der Waals surface area (Å²) in [5, 5.41) is 3.07. The molecule has 0 aliphatic rings. The summed E-state index contributed by atoms with van der Waals surface area (Å²) in [6.07, 6.45) is 7.43. The molecule has 170 valence electrons. The first-order valence-corrected chi connectivity index (χ1v) is 11.3. The first-order valence-electron chi connectivity index (χ1n) is 11.3. The zero-order valence-electron chi connectivity index (χ0n) is 19.8. The summed E-state index contributed by atoms with van der Waals surface area (Å²) in [6, 6.07) is 19.7. The average Bonchev–Trinajstić information content (AvgIpc) is 3.43. The number of imidazole rings is 1. The Kier molecular flexibility index (Phi) is 5.28. The molecule has 0 saturated heterocycles. The van der Waals surface area contributed by atoms with E-state index in [0.29, 0.717) is 5.56 Å².